The van der Waals surface area contributed by atoms with E-state index in [0.29, 0.717) is 5.92 Å². The topological polar surface area (TPSA) is 93.2 Å². The Hall–Kier alpha value is -3.50. The lowest BCUT2D eigenvalue weighted by atomic mass is 9.87. The molecule has 0 aliphatic heterocycles. The maximum absolute atomic E-state index is 10.4. The molecule has 0 heterocycles. The first-order valence-corrected chi connectivity index (χ1v) is 14.5. The zero-order chi connectivity index (χ0) is 29.5. The van der Waals surface area contributed by atoms with Crippen molar-refractivity contribution < 1.29 is 4.21 Å². The molecule has 0 fully saturated rings. The van der Waals surface area contributed by atoms with Crippen LogP contribution in [0.1, 0.15) is 56.7 Å². The normalized spacial score (nSPS) is 10.5. The summed E-state index contributed by atoms with van der Waals surface area (Å²) in [4.78, 5) is 0. The van der Waals surface area contributed by atoms with Crippen LogP contribution in [0.5, 0.6) is 0 Å². The van der Waals surface area contributed by atoms with Gasteiger partial charge in [-0.1, -0.05) is 93.1 Å². The molecular weight excluding hydrogens is 500 g/mol. The Morgan fingerprint density at radius 1 is 1.05 bits per heavy atom. The Morgan fingerprint density at radius 3 is 2.28 bits per heavy atom. The van der Waals surface area contributed by atoms with Crippen molar-refractivity contribution in [3.05, 3.63) is 107 Å². The van der Waals surface area contributed by atoms with E-state index in [2.05, 4.69) is 114 Å². The fourth-order valence-corrected chi connectivity index (χ4v) is 3.99. The molecule has 0 aliphatic carbocycles. The van der Waals surface area contributed by atoms with E-state index in [9.17, 15) is 4.21 Å². The van der Waals surface area contributed by atoms with Gasteiger partial charge in [-0.25, -0.2) is 0 Å². The fourth-order valence-electron chi connectivity index (χ4n) is 3.64. The molecule has 1 atom stereocenters. The molecular formula is C33H47N4OS-. The van der Waals surface area contributed by atoms with Gasteiger partial charge >= 0.3 is 0 Å². The van der Waals surface area contributed by atoms with Crippen molar-refractivity contribution in [3.8, 4) is 12.0 Å². The van der Waals surface area contributed by atoms with Crippen molar-refractivity contribution in [1.29, 1.82) is 0 Å². The summed E-state index contributed by atoms with van der Waals surface area (Å²) < 4.78 is 10.4. The fraction of sp³-hybridized carbons (Fsp3) is 0.303. The van der Waals surface area contributed by atoms with E-state index in [1.54, 1.807) is 12.3 Å². The van der Waals surface area contributed by atoms with Crippen molar-refractivity contribution in [2.45, 2.75) is 46.6 Å². The zero-order valence-electron chi connectivity index (χ0n) is 24.3. The summed E-state index contributed by atoms with van der Waals surface area (Å²) in [5, 5.41) is 10.4. The molecule has 1 unspecified atom stereocenters. The van der Waals surface area contributed by atoms with Gasteiger partial charge in [0.1, 0.15) is 0 Å². The minimum atomic E-state index is -1.07. The van der Waals surface area contributed by atoms with Crippen LogP contribution in [-0.4, -0.2) is 26.0 Å². The van der Waals surface area contributed by atoms with Crippen LogP contribution in [0.2, 0.25) is 0 Å². The highest BCUT2D eigenvalue weighted by Crippen LogP contribution is 2.32. The molecule has 6 heteroatoms. The molecule has 0 saturated heterocycles. The second-order valence-electron chi connectivity index (χ2n) is 8.37. The SMILES string of the molecule is C=C(C)NCc1ccccc1C(C)c1cccc2ccccc12.C=[S-](=O)/C=C/CCNC#CC.CCN.CN. The van der Waals surface area contributed by atoms with Crippen LogP contribution < -0.4 is 22.1 Å². The van der Waals surface area contributed by atoms with Crippen molar-refractivity contribution in [2.75, 3.05) is 20.1 Å². The average Bonchev–Trinajstić information content (AvgIpc) is 2.95. The van der Waals surface area contributed by atoms with Gasteiger partial charge in [-0.15, -0.1) is 6.08 Å². The van der Waals surface area contributed by atoms with Gasteiger partial charge < -0.3 is 26.3 Å². The Balaban J connectivity index is 0.000000761. The van der Waals surface area contributed by atoms with Gasteiger partial charge in [0.2, 0.25) is 0 Å². The van der Waals surface area contributed by atoms with Gasteiger partial charge in [0.15, 0.2) is 0 Å². The van der Waals surface area contributed by atoms with E-state index in [1.807, 2.05) is 19.9 Å². The van der Waals surface area contributed by atoms with Crippen molar-refractivity contribution in [3.63, 3.8) is 0 Å². The number of hydrogen-bond acceptors (Lipinski definition) is 6. The first-order valence-electron chi connectivity index (χ1n) is 13.1. The first kappa shape index (κ1) is 35.5. The molecule has 0 radical (unpaired) electrons. The molecule has 3 aromatic carbocycles. The highest BCUT2D eigenvalue weighted by molar-refractivity contribution is 7.85. The highest BCUT2D eigenvalue weighted by Gasteiger charge is 2.14. The summed E-state index contributed by atoms with van der Waals surface area (Å²) >= 11 is 0. The molecule has 0 aromatic heterocycles. The van der Waals surface area contributed by atoms with E-state index in [0.717, 1.165) is 31.8 Å². The minimum Gasteiger partial charge on any atom is -0.458 e. The molecule has 0 bridgehead atoms. The van der Waals surface area contributed by atoms with Gasteiger partial charge in [0.25, 0.3) is 0 Å². The monoisotopic (exact) mass is 547 g/mol. The predicted molar refractivity (Wildman–Crippen MR) is 175 cm³/mol. The molecule has 6 N–H and O–H groups in total. The molecule has 3 aromatic rings. The summed E-state index contributed by atoms with van der Waals surface area (Å²) in [6, 6.07) is 26.6. The van der Waals surface area contributed by atoms with Crippen LogP contribution >= 0.6 is 0 Å². The molecule has 212 valence electrons. The summed E-state index contributed by atoms with van der Waals surface area (Å²) in [7, 11) is 0.433. The Bertz CT molecular complexity index is 1260. The van der Waals surface area contributed by atoms with Crippen molar-refractivity contribution >= 4 is 27.0 Å². The Labute approximate surface area is 238 Å². The summed E-state index contributed by atoms with van der Waals surface area (Å²) in [6.45, 7) is 14.3. The highest BCUT2D eigenvalue weighted by atomic mass is 32.2. The van der Waals surface area contributed by atoms with Gasteiger partial charge in [-0.05, 0) is 61.3 Å². The molecule has 0 amide bonds. The largest absolute Gasteiger partial charge is 0.458 e. The lowest BCUT2D eigenvalue weighted by molar-refractivity contribution is 0.607. The van der Waals surface area contributed by atoms with Crippen molar-refractivity contribution in [1.82, 2.24) is 10.6 Å². The second kappa shape index (κ2) is 22.5. The molecule has 0 aliphatic rings. The van der Waals surface area contributed by atoms with Crippen LogP contribution in [0, 0.1) is 12.0 Å². The van der Waals surface area contributed by atoms with Crippen LogP contribution in [0.3, 0.4) is 0 Å². The number of nitrogens with one attached hydrogen (secondary N) is 2. The lowest BCUT2D eigenvalue weighted by Crippen LogP contribution is -2.12. The Morgan fingerprint density at radius 2 is 1.64 bits per heavy atom. The number of fused-ring (bicyclic) bond motifs is 1. The summed E-state index contributed by atoms with van der Waals surface area (Å²) in [6.07, 6.45) is 2.66. The van der Waals surface area contributed by atoms with Gasteiger partial charge in [0.05, 0.1) is 0 Å². The second-order valence-corrected chi connectivity index (χ2v) is 9.41. The van der Waals surface area contributed by atoms with Crippen LogP contribution in [-0.2, 0) is 21.1 Å². The van der Waals surface area contributed by atoms with Gasteiger partial charge in [-0.2, -0.15) is 11.3 Å². The third-order valence-corrected chi connectivity index (χ3v) is 5.79. The van der Waals surface area contributed by atoms with E-state index in [1.165, 1.54) is 34.5 Å². The zero-order valence-corrected chi connectivity index (χ0v) is 25.1. The first-order chi connectivity index (χ1) is 18.8. The van der Waals surface area contributed by atoms with E-state index in [4.69, 9.17) is 5.73 Å². The third-order valence-electron chi connectivity index (χ3n) is 5.29. The molecule has 0 saturated carbocycles. The average molecular weight is 548 g/mol. The van der Waals surface area contributed by atoms with Crippen LogP contribution in [0.4, 0.5) is 0 Å². The molecule has 5 nitrogen and oxygen atoms in total. The standard InChI is InChI=1S/C22H23N.C8H12NOS.C2H7N.CH5N/c1-16(2)23-15-19-10-5-6-12-20(19)17(3)21-14-8-11-18-9-4-7-13-22(18)21;1-3-6-9-7-4-5-8-11(2)10;1-2-3;1-2/h4-14,17,23H,1,15H2,2-3H3;5,8-9H,2,4,7H2,1H3;2-3H2,1H3;2H2,1H3/q;-1;;/b;8-5+;;. The van der Waals surface area contributed by atoms with Gasteiger partial charge in [0, 0.05) is 30.7 Å². The Kier molecular flexibility index (Phi) is 20.5. The van der Waals surface area contributed by atoms with Crippen molar-refractivity contribution in [2.24, 2.45) is 11.5 Å². The minimum absolute atomic E-state index is 0.351. The van der Waals surface area contributed by atoms with E-state index >= 15 is 0 Å². The number of allylic oxidation sites excluding steroid dienone is 1. The molecule has 3 rings (SSSR count). The van der Waals surface area contributed by atoms with Gasteiger partial charge in [-0.3, -0.25) is 10.4 Å². The number of benzene rings is 3. The van der Waals surface area contributed by atoms with E-state index < -0.39 is 10.4 Å². The molecule has 39 heavy (non-hydrogen) atoms. The summed E-state index contributed by atoms with van der Waals surface area (Å²) in [5.74, 6) is 6.37. The third kappa shape index (κ3) is 14.9. The number of rotatable bonds is 9. The number of hydrogen-bond donors (Lipinski definition) is 4. The van der Waals surface area contributed by atoms with Crippen LogP contribution in [0.15, 0.2) is 90.5 Å². The maximum Gasteiger partial charge on any atom is 0.0400 e. The van der Waals surface area contributed by atoms with Crippen LogP contribution in [0.25, 0.3) is 10.8 Å². The quantitative estimate of drug-likeness (QED) is 0.0865. The molecule has 0 spiro atoms. The lowest BCUT2D eigenvalue weighted by Gasteiger charge is -2.19. The number of nitrogens with two attached hydrogens (primary N) is 2. The smallest absolute Gasteiger partial charge is 0.0400 e. The predicted octanol–water partition coefficient (Wildman–Crippen LogP) is 6.01. The summed E-state index contributed by atoms with van der Waals surface area (Å²) in [5.41, 5.74) is 14.4. The maximum atomic E-state index is 10.4. The van der Waals surface area contributed by atoms with E-state index in [-0.39, 0.29) is 0 Å².